The van der Waals surface area contributed by atoms with E-state index in [4.69, 9.17) is 15.2 Å². The first-order valence-electron chi connectivity index (χ1n) is 17.1. The molecule has 0 unspecified atom stereocenters. The Hall–Kier alpha value is -3.42. The number of ether oxygens (including phenoxy) is 2. The van der Waals surface area contributed by atoms with E-state index in [-0.39, 0.29) is 25.0 Å². The lowest BCUT2D eigenvalue weighted by atomic mass is 9.44. The van der Waals surface area contributed by atoms with Crippen LogP contribution in [0.3, 0.4) is 0 Å². The van der Waals surface area contributed by atoms with Crippen molar-refractivity contribution in [3.8, 4) is 5.69 Å². The number of halogens is 2. The lowest BCUT2D eigenvalue weighted by Gasteiger charge is -2.63. The molecule has 9 atom stereocenters. The van der Waals surface area contributed by atoms with Gasteiger partial charge in [0.05, 0.1) is 23.7 Å². The first-order chi connectivity index (χ1) is 23.6. The number of methoxy groups -OCH3 is 1. The van der Waals surface area contributed by atoms with Gasteiger partial charge in [0.1, 0.15) is 18.3 Å². The number of ketones is 1. The van der Waals surface area contributed by atoms with Crippen LogP contribution in [0.4, 0.5) is 8.78 Å². The van der Waals surface area contributed by atoms with Crippen molar-refractivity contribution in [2.24, 2.45) is 40.2 Å². The maximum atomic E-state index is 18.3. The molecule has 1 aromatic carbocycles. The van der Waals surface area contributed by atoms with Gasteiger partial charge in [0.25, 0.3) is 0 Å². The number of aromatic nitrogens is 2. The van der Waals surface area contributed by atoms with Gasteiger partial charge in [0.15, 0.2) is 11.4 Å². The second-order valence-corrected chi connectivity index (χ2v) is 16.0. The van der Waals surface area contributed by atoms with Crippen molar-refractivity contribution in [3.05, 3.63) is 52.9 Å². The summed E-state index contributed by atoms with van der Waals surface area (Å²) in [6.45, 7) is 6.62. The second-order valence-electron chi connectivity index (χ2n) is 15.1. The van der Waals surface area contributed by atoms with E-state index in [1.54, 1.807) is 49.8 Å². The quantitative estimate of drug-likeness (QED) is 0.251. The number of nitrogens with zero attached hydrogens (tertiary/aromatic N) is 2. The Labute approximate surface area is 294 Å². The minimum absolute atomic E-state index is 0.0150. The molecule has 3 saturated carbocycles. The lowest BCUT2D eigenvalue weighted by Crippen LogP contribution is -2.70. The SMILES string of the molecule is COCC(=O)O[C@]1(C(=O)SCF)[C@H](C)C[C@H]2[C@@H]3CCC4=Cc5c(cnn5-c5cccc(C(=O)C[C@H](C)C(N)=O)c5)C[C@]4(C)[C@@]3(F)[C@@H](O)C[C@@]21C. The number of hydrogen-bond donors (Lipinski definition) is 2. The molecule has 13 heteroatoms. The number of amides is 1. The number of aliphatic hydroxyl groups is 1. The zero-order valence-corrected chi connectivity index (χ0v) is 29.9. The van der Waals surface area contributed by atoms with Crippen molar-refractivity contribution < 1.29 is 42.5 Å². The molecule has 0 spiro atoms. The highest BCUT2D eigenvalue weighted by molar-refractivity contribution is 8.13. The number of carbonyl (C=O) groups excluding carboxylic acids is 4. The van der Waals surface area contributed by atoms with E-state index in [9.17, 15) is 28.7 Å². The van der Waals surface area contributed by atoms with E-state index in [1.807, 2.05) is 19.1 Å². The zero-order valence-electron chi connectivity index (χ0n) is 29.0. The number of thioether (sulfide) groups is 1. The molecule has 1 heterocycles. The summed E-state index contributed by atoms with van der Waals surface area (Å²) in [5, 5.41) is 16.0. The first kappa shape index (κ1) is 36.4. The van der Waals surface area contributed by atoms with Gasteiger partial charge in [0.2, 0.25) is 11.0 Å². The molecule has 1 amide bonds. The minimum Gasteiger partial charge on any atom is -0.447 e. The van der Waals surface area contributed by atoms with E-state index >= 15 is 4.39 Å². The van der Waals surface area contributed by atoms with Gasteiger partial charge in [-0.3, -0.25) is 14.4 Å². The van der Waals surface area contributed by atoms with Gasteiger partial charge >= 0.3 is 5.97 Å². The van der Waals surface area contributed by atoms with Crippen LogP contribution >= 0.6 is 11.8 Å². The molecule has 50 heavy (non-hydrogen) atoms. The number of nitrogens with two attached hydrogens (primary N) is 1. The van der Waals surface area contributed by atoms with Gasteiger partial charge in [-0.15, -0.1) is 0 Å². The molecular weight excluding hydrogens is 668 g/mol. The van der Waals surface area contributed by atoms with Crippen molar-refractivity contribution in [2.75, 3.05) is 19.7 Å². The van der Waals surface area contributed by atoms with Crippen molar-refractivity contribution in [2.45, 2.75) is 83.6 Å². The third-order valence-electron chi connectivity index (χ3n) is 12.5. The molecule has 10 nitrogen and oxygen atoms in total. The number of fused-ring (bicyclic) bond motifs is 6. The van der Waals surface area contributed by atoms with Gasteiger partial charge < -0.3 is 20.3 Å². The van der Waals surface area contributed by atoms with Crippen molar-refractivity contribution in [1.82, 2.24) is 9.78 Å². The smallest absolute Gasteiger partial charge is 0.333 e. The number of rotatable bonds is 10. The Morgan fingerprint density at radius 2 is 1.96 bits per heavy atom. The normalized spacial score (nSPS) is 34.8. The molecule has 270 valence electrons. The number of aliphatic hydroxyl groups excluding tert-OH is 1. The molecule has 4 aliphatic rings. The Kier molecular flexibility index (Phi) is 9.43. The zero-order chi connectivity index (χ0) is 36.4. The Morgan fingerprint density at radius 1 is 1.22 bits per heavy atom. The number of allylic oxidation sites excluding steroid dienone is 1. The van der Waals surface area contributed by atoms with E-state index in [0.717, 1.165) is 16.8 Å². The summed E-state index contributed by atoms with van der Waals surface area (Å²) in [6.07, 6.45) is 3.49. The number of esters is 1. The van der Waals surface area contributed by atoms with Crippen LogP contribution in [-0.2, 0) is 30.3 Å². The standard InChI is InChI=1S/C37H45F2N3O7S/c1-20(32(40)46)11-29(43)22-7-6-8-25(13-22)42-28-14-24-9-10-26-27-12-21(2)37(33(47)50-19-38,49-31(45)18-48-5)35(27,4)16-30(44)36(26,39)34(24,3)15-23(28)17-41-42/h6-8,13-14,17,20-21,26-27,30,44H,9-12,15-16,18-19H2,1-5H3,(H2,40,46)/t20-,21+,26-,27-,30-,34-,35-,36-,37-/m0/s1. The summed E-state index contributed by atoms with van der Waals surface area (Å²) in [7, 11) is 1.33. The van der Waals surface area contributed by atoms with Gasteiger partial charge in [0, 0.05) is 47.7 Å². The van der Waals surface area contributed by atoms with E-state index in [0.29, 0.717) is 42.3 Å². The first-order valence-corrected chi connectivity index (χ1v) is 18.1. The summed E-state index contributed by atoms with van der Waals surface area (Å²) >= 11 is 0.437. The van der Waals surface area contributed by atoms with Crippen LogP contribution in [0.15, 0.2) is 36.0 Å². The largest absolute Gasteiger partial charge is 0.447 e. The number of carbonyl (C=O) groups is 4. The van der Waals surface area contributed by atoms with E-state index < -0.39 is 81.5 Å². The summed E-state index contributed by atoms with van der Waals surface area (Å²) in [5.74, 6) is -3.80. The summed E-state index contributed by atoms with van der Waals surface area (Å²) in [4.78, 5) is 51.1. The Balaban J connectivity index is 1.35. The third-order valence-corrected chi connectivity index (χ3v) is 13.2. The maximum Gasteiger partial charge on any atom is 0.333 e. The van der Waals surface area contributed by atoms with Crippen molar-refractivity contribution in [3.63, 3.8) is 0 Å². The van der Waals surface area contributed by atoms with Crippen LogP contribution in [0, 0.1) is 34.5 Å². The van der Waals surface area contributed by atoms with Crippen LogP contribution in [0.1, 0.15) is 81.4 Å². The van der Waals surface area contributed by atoms with Gasteiger partial charge in [-0.25, -0.2) is 18.3 Å². The Morgan fingerprint density at radius 3 is 2.64 bits per heavy atom. The number of alkyl halides is 2. The van der Waals surface area contributed by atoms with Gasteiger partial charge in [-0.05, 0) is 73.6 Å². The minimum atomic E-state index is -2.09. The fourth-order valence-corrected chi connectivity index (χ4v) is 10.9. The molecule has 3 fully saturated rings. The van der Waals surface area contributed by atoms with Crippen molar-refractivity contribution in [1.29, 1.82) is 0 Å². The average molecular weight is 714 g/mol. The highest BCUT2D eigenvalue weighted by Crippen LogP contribution is 2.72. The summed E-state index contributed by atoms with van der Waals surface area (Å²) < 4.78 is 44.6. The molecule has 0 bridgehead atoms. The third kappa shape index (κ3) is 5.20. The highest BCUT2D eigenvalue weighted by atomic mass is 32.2. The fourth-order valence-electron chi connectivity index (χ4n) is 10.1. The maximum absolute atomic E-state index is 18.3. The van der Waals surface area contributed by atoms with E-state index in [2.05, 4.69) is 5.10 Å². The Bertz CT molecular complexity index is 1770. The molecule has 3 N–H and O–H groups in total. The molecule has 1 aromatic heterocycles. The van der Waals surface area contributed by atoms with Gasteiger partial charge in [-0.1, -0.05) is 45.4 Å². The molecule has 2 aromatic rings. The molecule has 4 aliphatic carbocycles. The molecule has 6 rings (SSSR count). The van der Waals surface area contributed by atoms with Crippen LogP contribution < -0.4 is 5.73 Å². The van der Waals surface area contributed by atoms with Gasteiger partial charge in [-0.2, -0.15) is 5.10 Å². The topological polar surface area (TPSA) is 151 Å². The van der Waals surface area contributed by atoms with E-state index in [1.165, 1.54) is 7.11 Å². The summed E-state index contributed by atoms with van der Waals surface area (Å²) in [6, 6.07) is 5.95. The molecule has 0 aliphatic heterocycles. The van der Waals surface area contributed by atoms with Crippen LogP contribution in [0.2, 0.25) is 0 Å². The number of Topliss-reactive ketones (excluding diaryl/α,β-unsaturated/α-hetero) is 1. The second kappa shape index (κ2) is 13.0. The monoisotopic (exact) mass is 713 g/mol. The molecule has 0 saturated heterocycles. The molecular formula is C37H45F2N3O7S. The fraction of sp³-hybridized carbons (Fsp3) is 0.595. The predicted octanol–water partition coefficient (Wildman–Crippen LogP) is 5.17. The summed E-state index contributed by atoms with van der Waals surface area (Å²) in [5.41, 5.74) is 2.68. The highest BCUT2D eigenvalue weighted by Gasteiger charge is 2.77. The average Bonchev–Trinajstić information content (AvgIpc) is 3.56. The molecule has 0 radical (unpaired) electrons. The van der Waals surface area contributed by atoms with Crippen LogP contribution in [0.25, 0.3) is 11.8 Å². The number of primary amides is 1. The van der Waals surface area contributed by atoms with Crippen molar-refractivity contribution >= 4 is 40.6 Å². The van der Waals surface area contributed by atoms with Crippen LogP contribution in [0.5, 0.6) is 0 Å². The lowest BCUT2D eigenvalue weighted by molar-refractivity contribution is -0.231. The van der Waals surface area contributed by atoms with Crippen LogP contribution in [-0.4, -0.2) is 74.8 Å². The number of hydrogen-bond acceptors (Lipinski definition) is 9. The predicted molar refractivity (Wildman–Crippen MR) is 182 cm³/mol. The number of benzene rings is 1.